The topological polar surface area (TPSA) is 189 Å². The number of halogens is 1. The monoisotopic (exact) mass is 604 g/mol. The van der Waals surface area contributed by atoms with Gasteiger partial charge in [0.2, 0.25) is 5.95 Å². The maximum absolute atomic E-state index is 13.4. The number of carboxylic acids is 2. The molecule has 3 heterocycles. The number of imidazole rings is 1. The Morgan fingerprint density at radius 1 is 1.02 bits per heavy atom. The number of anilines is 2. The predicted octanol–water partition coefficient (Wildman–Crippen LogP) is 2.61. The van der Waals surface area contributed by atoms with E-state index in [1.54, 1.807) is 30.5 Å². The molecule has 2 aromatic heterocycles. The van der Waals surface area contributed by atoms with Crippen LogP contribution in [0.25, 0.3) is 11.2 Å². The fourth-order valence-corrected chi connectivity index (χ4v) is 4.66. The average molecular weight is 605 g/mol. The van der Waals surface area contributed by atoms with Crippen molar-refractivity contribution >= 4 is 40.6 Å². The molecule has 0 unspecified atom stereocenters. The second-order valence-corrected chi connectivity index (χ2v) is 9.99. The molecule has 14 heteroatoms. The Kier molecular flexibility index (Phi) is 10.9. The molecule has 0 spiro atoms. The molecule has 0 radical (unpaired) electrons. The Balaban J connectivity index is 0.000000488. The first-order chi connectivity index (χ1) is 21.2. The van der Waals surface area contributed by atoms with Crippen LogP contribution in [0, 0.1) is 5.82 Å². The van der Waals surface area contributed by atoms with Crippen LogP contribution < -0.4 is 16.4 Å². The summed E-state index contributed by atoms with van der Waals surface area (Å²) in [5.41, 5.74) is 9.31. The number of nitrogen functional groups attached to an aromatic ring is 1. The molecule has 4 aromatic rings. The van der Waals surface area contributed by atoms with E-state index in [9.17, 15) is 18.8 Å². The fraction of sp³-hybridized carbons (Fsp3) is 0.267. The lowest BCUT2D eigenvalue weighted by molar-refractivity contribution is -0.134. The number of nitrogens with zero attached hydrogens (tertiary/aromatic N) is 5. The number of fused-ring (bicyclic) bond motifs is 1. The number of nitrogens with one attached hydrogen (secondary N) is 2. The molecule has 230 valence electrons. The number of carboxylic acid groups (broad SMARTS) is 2. The third-order valence-electron chi connectivity index (χ3n) is 6.87. The fourth-order valence-electron chi connectivity index (χ4n) is 4.66. The van der Waals surface area contributed by atoms with Gasteiger partial charge in [0.1, 0.15) is 17.7 Å². The van der Waals surface area contributed by atoms with Crippen molar-refractivity contribution in [3.05, 3.63) is 90.2 Å². The molecule has 1 amide bonds. The summed E-state index contributed by atoms with van der Waals surface area (Å²) >= 11 is 0. The number of amides is 1. The summed E-state index contributed by atoms with van der Waals surface area (Å²) in [4.78, 5) is 47.1. The highest BCUT2D eigenvalue weighted by Crippen LogP contribution is 2.22. The van der Waals surface area contributed by atoms with E-state index in [4.69, 9.17) is 20.9 Å². The maximum atomic E-state index is 13.4. The Bertz CT molecular complexity index is 1600. The van der Waals surface area contributed by atoms with E-state index in [1.807, 2.05) is 16.7 Å². The van der Waals surface area contributed by atoms with Gasteiger partial charge in [-0.3, -0.25) is 9.36 Å². The Morgan fingerprint density at radius 3 is 2.36 bits per heavy atom. The minimum Gasteiger partial charge on any atom is -0.478 e. The lowest BCUT2D eigenvalue weighted by atomic mass is 10.1. The van der Waals surface area contributed by atoms with E-state index in [2.05, 4.69) is 25.5 Å². The van der Waals surface area contributed by atoms with Gasteiger partial charge < -0.3 is 31.5 Å². The SMILES string of the molecule is Nc1ccccc1C(=O)NCCN1CCC(Nc2nc3cncnc3n2Cc2ccc(F)cc2)CC1.O=C(O)/C=C/C(=O)O. The summed E-state index contributed by atoms with van der Waals surface area (Å²) in [7, 11) is 0. The van der Waals surface area contributed by atoms with E-state index in [1.165, 1.54) is 18.5 Å². The number of aromatic nitrogens is 4. The smallest absolute Gasteiger partial charge is 0.328 e. The number of carbonyl (C=O) groups is 3. The van der Waals surface area contributed by atoms with E-state index in [0.29, 0.717) is 42.0 Å². The minimum absolute atomic E-state index is 0.146. The zero-order valence-corrected chi connectivity index (χ0v) is 23.8. The largest absolute Gasteiger partial charge is 0.478 e. The van der Waals surface area contributed by atoms with E-state index >= 15 is 0 Å². The quantitative estimate of drug-likeness (QED) is 0.132. The van der Waals surface area contributed by atoms with Gasteiger partial charge in [-0.25, -0.2) is 28.9 Å². The van der Waals surface area contributed by atoms with Crippen LogP contribution in [0.3, 0.4) is 0 Å². The number of piperidine rings is 1. The number of nitrogens with two attached hydrogens (primary N) is 1. The molecule has 1 aliphatic rings. The van der Waals surface area contributed by atoms with Crippen LogP contribution >= 0.6 is 0 Å². The first kappa shape index (κ1) is 31.6. The second-order valence-electron chi connectivity index (χ2n) is 9.99. The van der Waals surface area contributed by atoms with Gasteiger partial charge in [-0.15, -0.1) is 0 Å². The minimum atomic E-state index is -1.26. The highest BCUT2D eigenvalue weighted by atomic mass is 19.1. The Hall–Kier alpha value is -5.37. The number of carbonyl (C=O) groups excluding carboxylic acids is 1. The van der Waals surface area contributed by atoms with Crippen molar-refractivity contribution in [2.45, 2.75) is 25.4 Å². The number of likely N-dealkylation sites (tertiary alicyclic amines) is 1. The van der Waals surface area contributed by atoms with Gasteiger partial charge in [0.15, 0.2) is 5.65 Å². The van der Waals surface area contributed by atoms with Gasteiger partial charge in [-0.05, 0) is 42.7 Å². The van der Waals surface area contributed by atoms with Crippen LogP contribution in [-0.4, -0.2) is 84.7 Å². The van der Waals surface area contributed by atoms with Crippen LogP contribution in [0.15, 0.2) is 73.2 Å². The Morgan fingerprint density at radius 2 is 1.70 bits per heavy atom. The molecular formula is C30H33FN8O5. The molecule has 5 rings (SSSR count). The summed E-state index contributed by atoms with van der Waals surface area (Å²) in [5, 5.41) is 22.2. The molecule has 13 nitrogen and oxygen atoms in total. The van der Waals surface area contributed by atoms with Gasteiger partial charge in [-0.2, -0.15) is 0 Å². The summed E-state index contributed by atoms with van der Waals surface area (Å²) in [6.45, 7) is 3.71. The zero-order chi connectivity index (χ0) is 31.5. The first-order valence-electron chi connectivity index (χ1n) is 13.9. The van der Waals surface area contributed by atoms with Crippen molar-refractivity contribution in [3.63, 3.8) is 0 Å². The molecular weight excluding hydrogens is 571 g/mol. The standard InChI is InChI=1S/C26H29FN8O.C4H4O4/c27-19-7-5-18(6-8-19)16-35-24-23(15-29-17-31-24)33-26(35)32-20-9-12-34(13-10-20)14-11-30-25(36)21-3-1-2-4-22(21)28;5-3(6)1-2-4(7)8/h1-8,15,17,20H,9-14,16,28H2,(H,30,36)(H,32,33);1-2H,(H,5,6)(H,7,8)/b;2-1+. The summed E-state index contributed by atoms with van der Waals surface area (Å²) in [6.07, 6.45) is 6.23. The number of aliphatic carboxylic acids is 2. The lowest BCUT2D eigenvalue weighted by Gasteiger charge is -2.32. The molecule has 44 heavy (non-hydrogen) atoms. The predicted molar refractivity (Wildman–Crippen MR) is 162 cm³/mol. The molecule has 1 saturated heterocycles. The highest BCUT2D eigenvalue weighted by molar-refractivity contribution is 5.99. The van der Waals surface area contributed by atoms with Crippen molar-refractivity contribution in [3.8, 4) is 0 Å². The van der Waals surface area contributed by atoms with Crippen LogP contribution in [0.2, 0.25) is 0 Å². The number of hydrogen-bond donors (Lipinski definition) is 5. The van der Waals surface area contributed by atoms with E-state index < -0.39 is 11.9 Å². The zero-order valence-electron chi connectivity index (χ0n) is 23.8. The molecule has 1 fully saturated rings. The van der Waals surface area contributed by atoms with Crippen molar-refractivity contribution in [2.75, 3.05) is 37.2 Å². The second kappa shape index (κ2) is 15.2. The molecule has 0 bridgehead atoms. The number of benzene rings is 2. The third-order valence-corrected chi connectivity index (χ3v) is 6.87. The van der Waals surface area contributed by atoms with Crippen molar-refractivity contribution in [2.24, 2.45) is 0 Å². The van der Waals surface area contributed by atoms with Crippen LogP contribution in [0.1, 0.15) is 28.8 Å². The van der Waals surface area contributed by atoms with Crippen LogP contribution in [-0.2, 0) is 16.1 Å². The van der Waals surface area contributed by atoms with E-state index in [0.717, 1.165) is 49.6 Å². The molecule has 0 saturated carbocycles. The van der Waals surface area contributed by atoms with E-state index in [-0.39, 0.29) is 17.8 Å². The molecule has 0 atom stereocenters. The third kappa shape index (κ3) is 9.06. The molecule has 6 N–H and O–H groups in total. The number of hydrogen-bond acceptors (Lipinski definition) is 9. The molecule has 1 aliphatic heterocycles. The van der Waals surface area contributed by atoms with Gasteiger partial charge in [0.05, 0.1) is 18.3 Å². The van der Waals surface area contributed by atoms with Crippen molar-refractivity contribution in [1.29, 1.82) is 0 Å². The average Bonchev–Trinajstić information content (AvgIpc) is 3.35. The van der Waals surface area contributed by atoms with Gasteiger partial charge >= 0.3 is 11.9 Å². The van der Waals surface area contributed by atoms with Gasteiger partial charge in [0.25, 0.3) is 5.91 Å². The van der Waals surface area contributed by atoms with Crippen molar-refractivity contribution in [1.82, 2.24) is 29.7 Å². The first-order valence-corrected chi connectivity index (χ1v) is 13.9. The maximum Gasteiger partial charge on any atom is 0.328 e. The Labute approximate surface area is 252 Å². The highest BCUT2D eigenvalue weighted by Gasteiger charge is 2.22. The normalized spacial score (nSPS) is 13.8. The summed E-state index contributed by atoms with van der Waals surface area (Å²) in [6, 6.07) is 13.8. The van der Waals surface area contributed by atoms with Gasteiger partial charge in [0, 0.05) is 50.1 Å². The van der Waals surface area contributed by atoms with Crippen molar-refractivity contribution < 1.29 is 29.0 Å². The van der Waals surface area contributed by atoms with Crippen LogP contribution in [0.4, 0.5) is 16.0 Å². The molecule has 2 aromatic carbocycles. The number of para-hydroxylation sites is 1. The van der Waals surface area contributed by atoms with Gasteiger partial charge in [-0.1, -0.05) is 24.3 Å². The van der Waals surface area contributed by atoms with Crippen LogP contribution in [0.5, 0.6) is 0 Å². The number of rotatable bonds is 10. The summed E-state index contributed by atoms with van der Waals surface area (Å²) < 4.78 is 15.4. The lowest BCUT2D eigenvalue weighted by Crippen LogP contribution is -2.43. The summed E-state index contributed by atoms with van der Waals surface area (Å²) in [5.74, 6) is -2.18. The molecule has 0 aliphatic carbocycles.